The fourth-order valence-corrected chi connectivity index (χ4v) is 3.06. The van der Waals surface area contributed by atoms with E-state index < -0.39 is 0 Å². The lowest BCUT2D eigenvalue weighted by Gasteiger charge is -2.17. The molecule has 0 spiro atoms. The van der Waals surface area contributed by atoms with E-state index in [1.807, 2.05) is 73.8 Å². The summed E-state index contributed by atoms with van der Waals surface area (Å²) >= 11 is 0. The molecule has 0 aliphatic rings. The zero-order valence-corrected chi connectivity index (χ0v) is 18.8. The van der Waals surface area contributed by atoms with Gasteiger partial charge in [-0.3, -0.25) is 15.2 Å². The molecule has 3 rings (SSSR count). The predicted octanol–water partition coefficient (Wildman–Crippen LogP) is 5.34. The monoisotopic (exact) mass is 429 g/mol. The number of unbranched alkanes of at least 4 members (excludes halogenated alkanes) is 2. The van der Waals surface area contributed by atoms with Crippen LogP contribution in [0.25, 0.3) is 22.4 Å². The fraction of sp³-hybridized carbons (Fsp3) is 0.222. The van der Waals surface area contributed by atoms with Gasteiger partial charge in [0.2, 0.25) is 0 Å². The van der Waals surface area contributed by atoms with Crippen LogP contribution in [-0.4, -0.2) is 36.7 Å². The molecule has 166 valence electrons. The number of nitrogens with zero attached hydrogens (tertiary/aromatic N) is 2. The second-order valence-corrected chi connectivity index (χ2v) is 7.30. The molecule has 2 aromatic carbocycles. The molecule has 1 N–H and O–H groups in total. The maximum Gasteiger partial charge on any atom is 0.150 e. The first-order valence-corrected chi connectivity index (χ1v) is 10.7. The zero-order chi connectivity index (χ0) is 23.2. The van der Waals surface area contributed by atoms with Crippen molar-refractivity contribution in [2.45, 2.75) is 25.8 Å². The first-order chi connectivity index (χ1) is 15.6. The van der Waals surface area contributed by atoms with E-state index in [1.54, 1.807) is 0 Å². The molecule has 0 bridgehead atoms. The van der Waals surface area contributed by atoms with Gasteiger partial charge in [0, 0.05) is 42.9 Å². The van der Waals surface area contributed by atoms with Gasteiger partial charge in [-0.05, 0) is 43.1 Å². The van der Waals surface area contributed by atoms with E-state index in [1.165, 1.54) is 0 Å². The predicted molar refractivity (Wildman–Crippen MR) is 131 cm³/mol. The Morgan fingerprint density at radius 3 is 2.31 bits per heavy atom. The van der Waals surface area contributed by atoms with E-state index in [0.29, 0.717) is 18.5 Å². The van der Waals surface area contributed by atoms with Crippen LogP contribution in [-0.2, 0) is 11.3 Å². The summed E-state index contributed by atoms with van der Waals surface area (Å²) in [6.45, 7) is 4.16. The summed E-state index contributed by atoms with van der Waals surface area (Å²) in [7, 11) is 3.79. The van der Waals surface area contributed by atoms with Gasteiger partial charge in [0.1, 0.15) is 12.6 Å². The van der Waals surface area contributed by atoms with E-state index in [0.717, 1.165) is 53.4 Å². The number of nitrogens with one attached hydrogen (secondary N) is 1. The highest BCUT2D eigenvalue weighted by atomic mass is 16.1. The molecule has 0 amide bonds. The maximum atomic E-state index is 11.3. The molecule has 0 aliphatic heterocycles. The van der Waals surface area contributed by atoms with Crippen LogP contribution in [0.2, 0.25) is 0 Å². The number of carbonyl (C=O) groups is 2. The Labute approximate surface area is 190 Å². The maximum absolute atomic E-state index is 11.3. The van der Waals surface area contributed by atoms with Crippen LogP contribution in [0.1, 0.15) is 35.2 Å². The number of aldehydes is 2. The molecule has 1 aromatic heterocycles. The highest BCUT2D eigenvalue weighted by Crippen LogP contribution is 2.24. The number of carbonyl (C=O) groups excluding carboxylic acids is 2. The molecule has 5 nitrogen and oxygen atoms in total. The Morgan fingerprint density at radius 2 is 1.72 bits per heavy atom. The number of hydrazine groups is 1. The third-order valence-corrected chi connectivity index (χ3v) is 4.96. The van der Waals surface area contributed by atoms with Crippen molar-refractivity contribution in [1.82, 2.24) is 15.4 Å². The lowest BCUT2D eigenvalue weighted by Crippen LogP contribution is -2.30. The minimum Gasteiger partial charge on any atom is -0.303 e. The third-order valence-electron chi connectivity index (χ3n) is 4.96. The number of rotatable bonds is 10. The average molecular weight is 430 g/mol. The summed E-state index contributed by atoms with van der Waals surface area (Å²) in [5.74, 6) is 0. The lowest BCUT2D eigenvalue weighted by molar-refractivity contribution is -0.107. The molecule has 0 saturated heterocycles. The van der Waals surface area contributed by atoms with Crippen molar-refractivity contribution in [1.29, 1.82) is 0 Å². The van der Waals surface area contributed by atoms with Gasteiger partial charge in [-0.1, -0.05) is 54.6 Å². The molecule has 32 heavy (non-hydrogen) atoms. The number of hydrogen-bond donors (Lipinski definition) is 1. The molecule has 0 radical (unpaired) electrons. The average Bonchev–Trinajstić information content (AvgIpc) is 2.85. The molecule has 0 saturated carbocycles. The zero-order valence-electron chi connectivity index (χ0n) is 18.8. The van der Waals surface area contributed by atoms with Crippen molar-refractivity contribution < 1.29 is 9.59 Å². The fourth-order valence-electron chi connectivity index (χ4n) is 3.06. The molecular formula is C27H31N3O2. The largest absolute Gasteiger partial charge is 0.303 e. The van der Waals surface area contributed by atoms with Crippen LogP contribution in [0.5, 0.6) is 0 Å². The Kier molecular flexibility index (Phi) is 10.7. The van der Waals surface area contributed by atoms with E-state index in [-0.39, 0.29) is 0 Å². The van der Waals surface area contributed by atoms with E-state index in [4.69, 9.17) is 0 Å². The summed E-state index contributed by atoms with van der Waals surface area (Å²) in [6, 6.07) is 20.1. The Hall–Kier alpha value is -3.41. The normalized spacial score (nSPS) is 10.2. The summed E-state index contributed by atoms with van der Waals surface area (Å²) in [5, 5.41) is 1.93. The minimum atomic E-state index is 0.639. The number of aromatic nitrogens is 1. The Morgan fingerprint density at radius 1 is 0.969 bits per heavy atom. The minimum absolute atomic E-state index is 0.639. The summed E-state index contributed by atoms with van der Waals surface area (Å²) in [6.07, 6.45) is 8.12. The second-order valence-electron chi connectivity index (χ2n) is 7.30. The van der Waals surface area contributed by atoms with Crippen LogP contribution < -0.4 is 5.43 Å². The van der Waals surface area contributed by atoms with Gasteiger partial charge in [-0.25, -0.2) is 5.01 Å². The van der Waals surface area contributed by atoms with E-state index >= 15 is 0 Å². The third kappa shape index (κ3) is 7.69. The molecule has 3 aromatic rings. The van der Waals surface area contributed by atoms with Gasteiger partial charge in [-0.15, -0.1) is 6.58 Å². The molecule has 0 unspecified atom stereocenters. The van der Waals surface area contributed by atoms with Crippen LogP contribution >= 0.6 is 0 Å². The summed E-state index contributed by atoms with van der Waals surface area (Å²) < 4.78 is 0. The van der Waals surface area contributed by atoms with Gasteiger partial charge in [-0.2, -0.15) is 0 Å². The number of allylic oxidation sites excluding steroid dienone is 1. The molecular weight excluding hydrogens is 398 g/mol. The lowest BCUT2D eigenvalue weighted by atomic mass is 10.0. The molecule has 1 heterocycles. The van der Waals surface area contributed by atoms with Crippen molar-refractivity contribution in [2.24, 2.45) is 0 Å². The highest BCUT2D eigenvalue weighted by Gasteiger charge is 2.08. The smallest absolute Gasteiger partial charge is 0.150 e. The quantitative estimate of drug-likeness (QED) is 0.204. The van der Waals surface area contributed by atoms with Crippen LogP contribution in [0.15, 0.2) is 79.5 Å². The first kappa shape index (κ1) is 24.9. The van der Waals surface area contributed by atoms with Gasteiger partial charge < -0.3 is 4.79 Å². The van der Waals surface area contributed by atoms with Gasteiger partial charge in [0.25, 0.3) is 0 Å². The SMILES string of the molecule is C=CCCCC=O.CNN(C)Cc1cc(-c2ccc(-c3ccccc3)cn2)ccc1C=O. The van der Waals surface area contributed by atoms with Crippen LogP contribution in [0, 0.1) is 0 Å². The summed E-state index contributed by atoms with van der Waals surface area (Å²) in [5.41, 5.74) is 8.86. The molecule has 5 heteroatoms. The molecule has 0 atom stereocenters. The van der Waals surface area contributed by atoms with Crippen LogP contribution in [0.3, 0.4) is 0 Å². The number of benzene rings is 2. The Balaban J connectivity index is 0.000000451. The number of pyridine rings is 1. The van der Waals surface area contributed by atoms with Gasteiger partial charge >= 0.3 is 0 Å². The topological polar surface area (TPSA) is 62.3 Å². The number of hydrogen-bond acceptors (Lipinski definition) is 5. The van der Waals surface area contributed by atoms with Crippen LogP contribution in [0.4, 0.5) is 0 Å². The first-order valence-electron chi connectivity index (χ1n) is 10.7. The van der Waals surface area contributed by atoms with Gasteiger partial charge in [0.05, 0.1) is 5.69 Å². The standard InChI is InChI=1S/C21H21N3O.C6H10O/c1-22-24(2)14-20-12-17(8-9-19(20)15-25)21-11-10-18(13-23-21)16-6-4-3-5-7-16;1-2-3-4-5-6-7/h3-13,15,22H,14H2,1-2H3;2,6H,1,3-5H2. The van der Waals surface area contributed by atoms with Crippen molar-refractivity contribution in [3.63, 3.8) is 0 Å². The molecule has 0 fully saturated rings. The van der Waals surface area contributed by atoms with Crippen molar-refractivity contribution in [2.75, 3.05) is 14.1 Å². The van der Waals surface area contributed by atoms with Crippen molar-refractivity contribution in [3.05, 3.63) is 90.6 Å². The molecule has 0 aliphatic carbocycles. The Bertz CT molecular complexity index is 978. The van der Waals surface area contributed by atoms with Gasteiger partial charge in [0.15, 0.2) is 0 Å². The summed E-state index contributed by atoms with van der Waals surface area (Å²) in [4.78, 5) is 25.5. The second kappa shape index (κ2) is 13.8. The van der Waals surface area contributed by atoms with Crippen molar-refractivity contribution >= 4 is 12.6 Å². The van der Waals surface area contributed by atoms with E-state index in [9.17, 15) is 9.59 Å². The van der Waals surface area contributed by atoms with Crippen molar-refractivity contribution in [3.8, 4) is 22.4 Å². The van der Waals surface area contributed by atoms with E-state index in [2.05, 4.69) is 35.2 Å². The highest BCUT2D eigenvalue weighted by molar-refractivity contribution is 5.79.